The Morgan fingerprint density at radius 2 is 1.81 bits per heavy atom. The number of amides is 1. The fourth-order valence-electron chi connectivity index (χ4n) is 2.69. The van der Waals surface area contributed by atoms with Gasteiger partial charge in [0.1, 0.15) is 5.76 Å². The minimum Gasteiger partial charge on any atom is -0.467 e. The highest BCUT2D eigenvalue weighted by molar-refractivity contribution is 7.89. The summed E-state index contributed by atoms with van der Waals surface area (Å²) < 4.78 is 31.7. The standard InChI is InChI=1S/C19H23N3O4S/c1-3-22(4-2)27(24,25)18-10-8-16(9-11-18)19(23)21(13-6-12-20)15-17-7-5-14-26-17/h5,7-11,14H,3-4,6,13,15H2,1-2H3. The number of nitriles is 1. The van der Waals surface area contributed by atoms with E-state index in [4.69, 9.17) is 9.68 Å². The highest BCUT2D eigenvalue weighted by Crippen LogP contribution is 2.18. The molecule has 0 atom stereocenters. The van der Waals surface area contributed by atoms with E-state index in [0.29, 0.717) is 24.4 Å². The van der Waals surface area contributed by atoms with Crippen molar-refractivity contribution in [1.82, 2.24) is 9.21 Å². The molecule has 1 aromatic carbocycles. The third kappa shape index (κ3) is 4.96. The first-order chi connectivity index (χ1) is 12.9. The maximum absolute atomic E-state index is 12.8. The fourth-order valence-corrected chi connectivity index (χ4v) is 4.15. The minimum absolute atomic E-state index is 0.150. The van der Waals surface area contributed by atoms with Gasteiger partial charge >= 0.3 is 0 Å². The van der Waals surface area contributed by atoms with Gasteiger partial charge in [-0.2, -0.15) is 9.57 Å². The molecule has 144 valence electrons. The zero-order valence-electron chi connectivity index (χ0n) is 15.5. The number of carbonyl (C=O) groups is 1. The lowest BCUT2D eigenvalue weighted by atomic mass is 10.2. The van der Waals surface area contributed by atoms with Crippen LogP contribution in [0.2, 0.25) is 0 Å². The molecule has 0 aliphatic heterocycles. The van der Waals surface area contributed by atoms with Gasteiger partial charge in [-0.1, -0.05) is 13.8 Å². The highest BCUT2D eigenvalue weighted by atomic mass is 32.2. The monoisotopic (exact) mass is 389 g/mol. The third-order valence-electron chi connectivity index (χ3n) is 4.15. The molecule has 0 saturated heterocycles. The van der Waals surface area contributed by atoms with Crippen LogP contribution in [0.4, 0.5) is 0 Å². The third-order valence-corrected chi connectivity index (χ3v) is 6.22. The van der Waals surface area contributed by atoms with Gasteiger partial charge in [-0.05, 0) is 36.4 Å². The molecule has 2 rings (SSSR count). The van der Waals surface area contributed by atoms with Crippen LogP contribution in [0.5, 0.6) is 0 Å². The SMILES string of the molecule is CCN(CC)S(=O)(=O)c1ccc(C(=O)N(CCC#N)Cc2ccco2)cc1. The molecular weight excluding hydrogens is 366 g/mol. The molecule has 0 radical (unpaired) electrons. The Balaban J connectivity index is 2.22. The quantitative estimate of drug-likeness (QED) is 0.657. The van der Waals surface area contributed by atoms with E-state index >= 15 is 0 Å². The second-order valence-electron chi connectivity index (χ2n) is 5.83. The number of benzene rings is 1. The van der Waals surface area contributed by atoms with Gasteiger partial charge in [-0.25, -0.2) is 8.42 Å². The molecule has 0 aliphatic carbocycles. The van der Waals surface area contributed by atoms with Crippen LogP contribution in [0.1, 0.15) is 36.4 Å². The van der Waals surface area contributed by atoms with Gasteiger partial charge in [0.05, 0.1) is 30.2 Å². The number of hydrogen-bond acceptors (Lipinski definition) is 5. The van der Waals surface area contributed by atoms with E-state index in [2.05, 4.69) is 0 Å². The van der Waals surface area contributed by atoms with Gasteiger partial charge in [0.15, 0.2) is 0 Å². The summed E-state index contributed by atoms with van der Waals surface area (Å²) in [4.78, 5) is 14.5. The van der Waals surface area contributed by atoms with Crippen LogP contribution in [0.15, 0.2) is 52.0 Å². The van der Waals surface area contributed by atoms with Gasteiger partial charge in [0, 0.05) is 25.2 Å². The van der Waals surface area contributed by atoms with Crippen molar-refractivity contribution >= 4 is 15.9 Å². The summed E-state index contributed by atoms with van der Waals surface area (Å²) in [6.45, 7) is 4.82. The zero-order valence-corrected chi connectivity index (χ0v) is 16.3. The molecule has 0 aliphatic rings. The number of carbonyl (C=O) groups excluding carboxylic acids is 1. The van der Waals surface area contributed by atoms with Crippen molar-refractivity contribution in [3.8, 4) is 6.07 Å². The number of furan rings is 1. The summed E-state index contributed by atoms with van der Waals surface area (Å²) in [6.07, 6.45) is 1.72. The van der Waals surface area contributed by atoms with Gasteiger partial charge in [-0.3, -0.25) is 4.79 Å². The Bertz CT molecular complexity index is 880. The van der Waals surface area contributed by atoms with E-state index < -0.39 is 10.0 Å². The number of sulfonamides is 1. The smallest absolute Gasteiger partial charge is 0.254 e. The van der Waals surface area contributed by atoms with Gasteiger partial charge < -0.3 is 9.32 Å². The molecule has 0 spiro atoms. The van der Waals surface area contributed by atoms with E-state index in [9.17, 15) is 13.2 Å². The van der Waals surface area contributed by atoms with E-state index in [1.54, 1.807) is 26.0 Å². The first kappa shape index (κ1) is 20.7. The van der Waals surface area contributed by atoms with Gasteiger partial charge in [-0.15, -0.1) is 0 Å². The average Bonchev–Trinajstić information content (AvgIpc) is 3.18. The van der Waals surface area contributed by atoms with Crippen LogP contribution in [0.25, 0.3) is 0 Å². The molecule has 1 heterocycles. The maximum Gasteiger partial charge on any atom is 0.254 e. The lowest BCUT2D eigenvalue weighted by Crippen LogP contribution is -2.32. The Labute approximate surface area is 159 Å². The molecule has 27 heavy (non-hydrogen) atoms. The van der Waals surface area contributed by atoms with Crippen LogP contribution >= 0.6 is 0 Å². The molecule has 0 N–H and O–H groups in total. The van der Waals surface area contributed by atoms with Crippen molar-refractivity contribution in [3.05, 3.63) is 54.0 Å². The normalized spacial score (nSPS) is 11.3. The predicted octanol–water partition coefficient (Wildman–Crippen LogP) is 2.87. The largest absolute Gasteiger partial charge is 0.467 e. The van der Waals surface area contributed by atoms with Crippen molar-refractivity contribution in [2.24, 2.45) is 0 Å². The van der Waals surface area contributed by atoms with Crippen molar-refractivity contribution in [3.63, 3.8) is 0 Å². The topological polar surface area (TPSA) is 94.6 Å². The summed E-state index contributed by atoms with van der Waals surface area (Å²) in [5, 5.41) is 8.84. The summed E-state index contributed by atoms with van der Waals surface area (Å²) in [7, 11) is -3.57. The fraction of sp³-hybridized carbons (Fsp3) is 0.368. The molecule has 0 fully saturated rings. The summed E-state index contributed by atoms with van der Waals surface area (Å²) in [5.74, 6) is 0.329. The predicted molar refractivity (Wildman–Crippen MR) is 100 cm³/mol. The summed E-state index contributed by atoms with van der Waals surface area (Å²) in [6, 6.07) is 11.4. The van der Waals surface area contributed by atoms with E-state index in [0.717, 1.165) is 0 Å². The molecule has 8 heteroatoms. The van der Waals surface area contributed by atoms with Crippen LogP contribution in [0, 0.1) is 11.3 Å². The summed E-state index contributed by atoms with van der Waals surface area (Å²) in [5.41, 5.74) is 0.359. The van der Waals surface area contributed by atoms with Gasteiger partial charge in [0.25, 0.3) is 5.91 Å². The molecular formula is C19H23N3O4S. The molecule has 2 aromatic rings. The van der Waals surface area contributed by atoms with Crippen LogP contribution in [-0.2, 0) is 16.6 Å². The highest BCUT2D eigenvalue weighted by Gasteiger charge is 2.23. The average molecular weight is 389 g/mol. The second-order valence-corrected chi connectivity index (χ2v) is 7.77. The molecule has 0 unspecified atom stereocenters. The Morgan fingerprint density at radius 1 is 1.15 bits per heavy atom. The van der Waals surface area contributed by atoms with Crippen molar-refractivity contribution in [2.45, 2.75) is 31.7 Å². The summed E-state index contributed by atoms with van der Waals surface area (Å²) >= 11 is 0. The van der Waals surface area contributed by atoms with E-state index in [1.165, 1.54) is 39.7 Å². The lowest BCUT2D eigenvalue weighted by Gasteiger charge is -2.21. The number of hydrogen-bond donors (Lipinski definition) is 0. The molecule has 1 aromatic heterocycles. The molecule has 0 saturated carbocycles. The first-order valence-electron chi connectivity index (χ1n) is 8.72. The Kier molecular flexibility index (Phi) is 7.16. The van der Waals surface area contributed by atoms with Crippen LogP contribution < -0.4 is 0 Å². The number of nitrogens with zero attached hydrogens (tertiary/aromatic N) is 3. The first-order valence-corrected chi connectivity index (χ1v) is 10.2. The van der Waals surface area contributed by atoms with E-state index in [-0.39, 0.29) is 30.3 Å². The van der Waals surface area contributed by atoms with Crippen molar-refractivity contribution in [2.75, 3.05) is 19.6 Å². The zero-order chi connectivity index (χ0) is 19.9. The van der Waals surface area contributed by atoms with E-state index in [1.807, 2.05) is 6.07 Å². The second kappa shape index (κ2) is 9.35. The molecule has 0 bridgehead atoms. The Morgan fingerprint density at radius 3 is 2.33 bits per heavy atom. The van der Waals surface area contributed by atoms with Gasteiger partial charge in [0.2, 0.25) is 10.0 Å². The maximum atomic E-state index is 12.8. The Hall–Kier alpha value is -2.63. The lowest BCUT2D eigenvalue weighted by molar-refractivity contribution is 0.0735. The molecule has 7 nitrogen and oxygen atoms in total. The molecule has 1 amide bonds. The van der Waals surface area contributed by atoms with Crippen LogP contribution in [-0.4, -0.2) is 43.2 Å². The number of rotatable bonds is 9. The minimum atomic E-state index is -3.57. The van der Waals surface area contributed by atoms with Crippen molar-refractivity contribution < 1.29 is 17.6 Å². The van der Waals surface area contributed by atoms with Crippen LogP contribution in [0.3, 0.4) is 0 Å². The van der Waals surface area contributed by atoms with Crippen molar-refractivity contribution in [1.29, 1.82) is 5.26 Å².